The second-order valence-corrected chi connectivity index (χ2v) is 7.37. The zero-order valence-electron chi connectivity index (χ0n) is 15.7. The first-order chi connectivity index (χ1) is 14.2. The van der Waals surface area contributed by atoms with E-state index in [0.717, 1.165) is 22.6 Å². The molecule has 0 fully saturated rings. The summed E-state index contributed by atoms with van der Waals surface area (Å²) in [6.45, 7) is 0.467. The van der Waals surface area contributed by atoms with E-state index >= 15 is 0 Å². The third kappa shape index (κ3) is 4.70. The fourth-order valence-electron chi connectivity index (χ4n) is 2.97. The summed E-state index contributed by atoms with van der Waals surface area (Å²) in [5.74, 6) is -0.176. The topological polar surface area (TPSA) is 75.5 Å². The highest BCUT2D eigenvalue weighted by Crippen LogP contribution is 2.21. The van der Waals surface area contributed by atoms with Gasteiger partial charge in [-0.05, 0) is 42.1 Å². The molecule has 0 spiro atoms. The maximum Gasteiger partial charge on any atom is 0.252 e. The molecule has 0 radical (unpaired) electrons. The maximum absolute atomic E-state index is 12.1. The lowest BCUT2D eigenvalue weighted by molar-refractivity contribution is -0.116. The van der Waals surface area contributed by atoms with Crippen LogP contribution in [0.2, 0.25) is 0 Å². The van der Waals surface area contributed by atoms with Gasteiger partial charge in [-0.2, -0.15) is 11.3 Å². The van der Waals surface area contributed by atoms with E-state index in [0.29, 0.717) is 24.9 Å². The molecule has 1 aromatic carbocycles. The number of benzene rings is 1. The highest BCUT2D eigenvalue weighted by molar-refractivity contribution is 7.08. The molecule has 0 bridgehead atoms. The minimum Gasteiger partial charge on any atom is -0.352 e. The number of nitrogens with one attached hydrogen (secondary N) is 2. The number of hydrogen-bond acceptors (Lipinski definition) is 4. The summed E-state index contributed by atoms with van der Waals surface area (Å²) < 4.78 is 1.97. The van der Waals surface area contributed by atoms with E-state index in [1.807, 2.05) is 64.6 Å². The first-order valence-corrected chi connectivity index (χ1v) is 10.3. The molecule has 0 atom stereocenters. The Morgan fingerprint density at radius 1 is 1.07 bits per heavy atom. The van der Waals surface area contributed by atoms with E-state index in [4.69, 9.17) is 0 Å². The Bertz CT molecular complexity index is 1080. The van der Waals surface area contributed by atoms with Gasteiger partial charge in [0.2, 0.25) is 5.91 Å². The van der Waals surface area contributed by atoms with Gasteiger partial charge in [0.05, 0.1) is 5.69 Å². The van der Waals surface area contributed by atoms with Crippen molar-refractivity contribution in [3.63, 3.8) is 0 Å². The normalized spacial score (nSPS) is 10.8. The summed E-state index contributed by atoms with van der Waals surface area (Å²) in [7, 11) is 0. The van der Waals surface area contributed by atoms with Crippen molar-refractivity contribution in [1.82, 2.24) is 14.7 Å². The highest BCUT2D eigenvalue weighted by atomic mass is 32.1. The molecular weight excluding hydrogens is 384 g/mol. The van der Waals surface area contributed by atoms with Gasteiger partial charge in [0, 0.05) is 47.6 Å². The predicted molar refractivity (Wildman–Crippen MR) is 115 cm³/mol. The Morgan fingerprint density at radius 3 is 2.69 bits per heavy atom. The zero-order valence-corrected chi connectivity index (χ0v) is 16.5. The maximum atomic E-state index is 12.1. The van der Waals surface area contributed by atoms with Gasteiger partial charge >= 0.3 is 0 Å². The molecule has 0 aliphatic carbocycles. The smallest absolute Gasteiger partial charge is 0.252 e. The standard InChI is InChI=1S/C22H20N4O2S/c27-21(5-3-11-23-22(28)17-10-13-29-15-17)24-18-8-6-16(7-9-18)19-14-26-12-2-1-4-20(26)25-19/h1-2,4,6-10,12-15H,3,5,11H2,(H,23,28)(H,24,27). The number of rotatable bonds is 7. The van der Waals surface area contributed by atoms with Crippen molar-refractivity contribution >= 4 is 34.5 Å². The number of hydrogen-bond donors (Lipinski definition) is 2. The monoisotopic (exact) mass is 404 g/mol. The quantitative estimate of drug-likeness (QED) is 0.453. The van der Waals surface area contributed by atoms with Gasteiger partial charge in [0.15, 0.2) is 0 Å². The molecular formula is C22H20N4O2S. The largest absolute Gasteiger partial charge is 0.352 e. The van der Waals surface area contributed by atoms with Crippen molar-refractivity contribution in [2.24, 2.45) is 0 Å². The third-order valence-electron chi connectivity index (χ3n) is 4.48. The second-order valence-electron chi connectivity index (χ2n) is 6.59. The SMILES string of the molecule is O=C(CCCNC(=O)c1ccsc1)Nc1ccc(-c2cn3ccccc3n2)cc1. The molecule has 146 valence electrons. The molecule has 3 aromatic heterocycles. The molecule has 0 unspecified atom stereocenters. The second kappa shape index (κ2) is 8.70. The van der Waals surface area contributed by atoms with E-state index in [9.17, 15) is 9.59 Å². The van der Waals surface area contributed by atoms with Crippen molar-refractivity contribution in [2.45, 2.75) is 12.8 Å². The molecule has 3 heterocycles. The van der Waals surface area contributed by atoms with Crippen LogP contribution in [0.5, 0.6) is 0 Å². The van der Waals surface area contributed by atoms with Crippen LogP contribution in [-0.4, -0.2) is 27.7 Å². The van der Waals surface area contributed by atoms with Gasteiger partial charge in [0.25, 0.3) is 5.91 Å². The van der Waals surface area contributed by atoms with Gasteiger partial charge in [-0.15, -0.1) is 0 Å². The molecule has 7 heteroatoms. The number of amides is 2. The van der Waals surface area contributed by atoms with E-state index < -0.39 is 0 Å². The fraction of sp³-hybridized carbons (Fsp3) is 0.136. The Morgan fingerprint density at radius 2 is 1.93 bits per heavy atom. The molecule has 2 N–H and O–H groups in total. The van der Waals surface area contributed by atoms with Gasteiger partial charge in [0.1, 0.15) is 5.65 Å². The van der Waals surface area contributed by atoms with Crippen LogP contribution >= 0.6 is 11.3 Å². The number of thiophene rings is 1. The Kier molecular flexibility index (Phi) is 5.67. The zero-order chi connectivity index (χ0) is 20.1. The summed E-state index contributed by atoms with van der Waals surface area (Å²) in [6.07, 6.45) is 4.87. The molecule has 0 aliphatic heterocycles. The van der Waals surface area contributed by atoms with Crippen LogP contribution in [-0.2, 0) is 4.79 Å². The van der Waals surface area contributed by atoms with E-state index in [-0.39, 0.29) is 11.8 Å². The van der Waals surface area contributed by atoms with Crippen LogP contribution in [0.3, 0.4) is 0 Å². The van der Waals surface area contributed by atoms with Crippen LogP contribution in [0.15, 0.2) is 71.7 Å². The summed E-state index contributed by atoms with van der Waals surface area (Å²) in [4.78, 5) is 28.6. The highest BCUT2D eigenvalue weighted by Gasteiger charge is 2.07. The van der Waals surface area contributed by atoms with E-state index in [1.54, 1.807) is 11.4 Å². The summed E-state index contributed by atoms with van der Waals surface area (Å²) >= 11 is 1.48. The van der Waals surface area contributed by atoms with Crippen LogP contribution in [0, 0.1) is 0 Å². The molecule has 4 rings (SSSR count). The van der Waals surface area contributed by atoms with Crippen molar-refractivity contribution in [3.8, 4) is 11.3 Å². The van der Waals surface area contributed by atoms with Crippen LogP contribution in [0.1, 0.15) is 23.2 Å². The number of nitrogens with zero attached hydrogens (tertiary/aromatic N) is 2. The molecule has 0 saturated heterocycles. The summed E-state index contributed by atoms with van der Waals surface area (Å²) in [5, 5.41) is 9.37. The number of fused-ring (bicyclic) bond motifs is 1. The van der Waals surface area contributed by atoms with Gasteiger partial charge in [-0.3, -0.25) is 9.59 Å². The molecule has 6 nitrogen and oxygen atoms in total. The third-order valence-corrected chi connectivity index (χ3v) is 5.16. The molecule has 2 amide bonds. The van der Waals surface area contributed by atoms with Crippen molar-refractivity contribution in [1.29, 1.82) is 0 Å². The van der Waals surface area contributed by atoms with Crippen molar-refractivity contribution in [3.05, 3.63) is 77.2 Å². The number of imidazole rings is 1. The molecule has 29 heavy (non-hydrogen) atoms. The van der Waals surface area contributed by atoms with Gasteiger partial charge in [-0.1, -0.05) is 18.2 Å². The van der Waals surface area contributed by atoms with E-state index in [2.05, 4.69) is 15.6 Å². The molecule has 0 aliphatic rings. The lowest BCUT2D eigenvalue weighted by Crippen LogP contribution is -2.25. The lowest BCUT2D eigenvalue weighted by Gasteiger charge is -2.07. The number of aromatic nitrogens is 2. The van der Waals surface area contributed by atoms with Crippen LogP contribution in [0.25, 0.3) is 16.9 Å². The van der Waals surface area contributed by atoms with Crippen LogP contribution in [0.4, 0.5) is 5.69 Å². The minimum atomic E-state index is -0.103. The Labute approximate surface area is 172 Å². The van der Waals surface area contributed by atoms with E-state index in [1.165, 1.54) is 11.3 Å². The number of carbonyl (C=O) groups excluding carboxylic acids is 2. The molecule has 0 saturated carbocycles. The number of anilines is 1. The number of carbonyl (C=O) groups is 2. The summed E-state index contributed by atoms with van der Waals surface area (Å²) in [6, 6.07) is 15.3. The van der Waals surface area contributed by atoms with Crippen LogP contribution < -0.4 is 10.6 Å². The minimum absolute atomic E-state index is 0.0738. The van der Waals surface area contributed by atoms with Crippen molar-refractivity contribution in [2.75, 3.05) is 11.9 Å². The lowest BCUT2D eigenvalue weighted by atomic mass is 10.1. The number of pyridine rings is 1. The first kappa shape index (κ1) is 18.9. The predicted octanol–water partition coefficient (Wildman–Crippen LogP) is 4.21. The Balaban J connectivity index is 1.26. The van der Waals surface area contributed by atoms with Crippen molar-refractivity contribution < 1.29 is 9.59 Å². The average molecular weight is 404 g/mol. The first-order valence-electron chi connectivity index (χ1n) is 9.33. The average Bonchev–Trinajstić information content (AvgIpc) is 3.41. The Hall–Kier alpha value is -3.45. The molecule has 4 aromatic rings. The fourth-order valence-corrected chi connectivity index (χ4v) is 3.60. The van der Waals surface area contributed by atoms with Gasteiger partial charge < -0.3 is 15.0 Å². The van der Waals surface area contributed by atoms with Gasteiger partial charge in [-0.25, -0.2) is 4.98 Å². The summed E-state index contributed by atoms with van der Waals surface area (Å²) in [5.41, 5.74) is 4.17.